The Morgan fingerprint density at radius 1 is 1.73 bits per heavy atom. The van der Waals surface area contributed by atoms with Crippen LogP contribution in [0.5, 0.6) is 0 Å². The van der Waals surface area contributed by atoms with E-state index >= 15 is 0 Å². The number of carboxylic acid groups (broad SMARTS) is 1. The second-order valence-corrected chi connectivity index (χ2v) is 3.86. The smallest absolute Gasteiger partial charge is 0.360 e. The molecule has 1 aromatic rings. The molecule has 0 aliphatic heterocycles. The molecular formula is C8H11N3O3S. The highest BCUT2D eigenvalue weighted by molar-refractivity contribution is 7.13. The average Bonchev–Trinajstić information content (AvgIpc) is 2.51. The van der Waals surface area contributed by atoms with Crippen LogP contribution in [0.4, 0.5) is 5.13 Å². The molecule has 1 heterocycles. The Hall–Kier alpha value is -1.63. The normalized spacial score (nSPS) is 11.8. The first-order valence-corrected chi connectivity index (χ1v) is 5.07. The van der Waals surface area contributed by atoms with Gasteiger partial charge < -0.3 is 15.7 Å². The average molecular weight is 229 g/mol. The molecular weight excluding hydrogens is 218 g/mol. The highest BCUT2D eigenvalue weighted by Gasteiger charge is 2.17. The third kappa shape index (κ3) is 3.21. The lowest BCUT2D eigenvalue weighted by Crippen LogP contribution is -2.16. The van der Waals surface area contributed by atoms with Crippen molar-refractivity contribution in [1.82, 2.24) is 4.98 Å². The number of aliphatic carboxylic acids is 1. The second-order valence-electron chi connectivity index (χ2n) is 2.97. The van der Waals surface area contributed by atoms with Crippen LogP contribution < -0.4 is 5.73 Å². The summed E-state index contributed by atoms with van der Waals surface area (Å²) in [6.45, 7) is 3.50. The van der Waals surface area contributed by atoms with Gasteiger partial charge in [-0.15, -0.1) is 11.3 Å². The second kappa shape index (κ2) is 4.74. The van der Waals surface area contributed by atoms with Crippen molar-refractivity contribution in [3.8, 4) is 0 Å². The van der Waals surface area contributed by atoms with Gasteiger partial charge in [0.2, 0.25) is 5.71 Å². The summed E-state index contributed by atoms with van der Waals surface area (Å²) < 4.78 is 0. The number of oxime groups is 1. The molecule has 0 atom stereocenters. The molecule has 0 aromatic carbocycles. The van der Waals surface area contributed by atoms with Crippen LogP contribution in [0.2, 0.25) is 0 Å². The highest BCUT2D eigenvalue weighted by Crippen LogP contribution is 2.12. The zero-order valence-electron chi connectivity index (χ0n) is 8.30. The van der Waals surface area contributed by atoms with Crippen molar-refractivity contribution in [2.45, 2.75) is 20.0 Å². The van der Waals surface area contributed by atoms with Crippen molar-refractivity contribution < 1.29 is 14.7 Å². The number of aromatic nitrogens is 1. The molecule has 0 saturated heterocycles. The molecule has 0 spiro atoms. The molecule has 7 heteroatoms. The highest BCUT2D eigenvalue weighted by atomic mass is 32.1. The maximum Gasteiger partial charge on any atom is 0.360 e. The number of nitrogen functional groups attached to an aromatic ring is 1. The summed E-state index contributed by atoms with van der Waals surface area (Å²) in [5.74, 6) is -1.19. The summed E-state index contributed by atoms with van der Waals surface area (Å²) in [6, 6.07) is 0. The molecule has 1 aromatic heterocycles. The van der Waals surface area contributed by atoms with Gasteiger partial charge in [0.1, 0.15) is 11.8 Å². The topological polar surface area (TPSA) is 97.8 Å². The number of anilines is 1. The molecule has 0 bridgehead atoms. The Morgan fingerprint density at radius 3 is 2.80 bits per heavy atom. The van der Waals surface area contributed by atoms with Crippen molar-refractivity contribution in [3.63, 3.8) is 0 Å². The van der Waals surface area contributed by atoms with E-state index < -0.39 is 5.97 Å². The molecule has 0 aliphatic carbocycles. The lowest BCUT2D eigenvalue weighted by atomic mass is 10.3. The van der Waals surface area contributed by atoms with E-state index in [1.807, 2.05) is 0 Å². The van der Waals surface area contributed by atoms with E-state index in [0.29, 0.717) is 5.13 Å². The minimum absolute atomic E-state index is 0.185. The minimum Gasteiger partial charge on any atom is -0.476 e. The quantitative estimate of drug-likeness (QED) is 0.591. The van der Waals surface area contributed by atoms with Crippen LogP contribution >= 0.6 is 11.3 Å². The molecule has 0 fully saturated rings. The Labute approximate surface area is 90.4 Å². The molecule has 0 radical (unpaired) electrons. The third-order valence-corrected chi connectivity index (χ3v) is 2.00. The third-order valence-electron chi connectivity index (χ3n) is 1.32. The molecule has 0 saturated carbocycles. The molecule has 15 heavy (non-hydrogen) atoms. The van der Waals surface area contributed by atoms with Crippen LogP contribution in [0.25, 0.3) is 0 Å². The Kier molecular flexibility index (Phi) is 3.62. The van der Waals surface area contributed by atoms with Gasteiger partial charge in [-0.1, -0.05) is 5.16 Å². The van der Waals surface area contributed by atoms with E-state index in [-0.39, 0.29) is 17.5 Å². The fourth-order valence-corrected chi connectivity index (χ4v) is 1.30. The molecule has 0 amide bonds. The summed E-state index contributed by atoms with van der Waals surface area (Å²) >= 11 is 1.15. The summed E-state index contributed by atoms with van der Waals surface area (Å²) in [5.41, 5.74) is 5.37. The summed E-state index contributed by atoms with van der Waals surface area (Å²) in [6.07, 6.45) is -0.185. The number of nitrogens with two attached hydrogens (primary N) is 1. The monoisotopic (exact) mass is 229 g/mol. The summed E-state index contributed by atoms with van der Waals surface area (Å²) in [7, 11) is 0. The van der Waals surface area contributed by atoms with Gasteiger partial charge in [0.25, 0.3) is 0 Å². The van der Waals surface area contributed by atoms with Gasteiger partial charge in [0.15, 0.2) is 5.13 Å². The maximum atomic E-state index is 10.8. The Morgan fingerprint density at radius 2 is 2.40 bits per heavy atom. The van der Waals surface area contributed by atoms with E-state index in [4.69, 9.17) is 15.7 Å². The molecule has 82 valence electrons. The summed E-state index contributed by atoms with van der Waals surface area (Å²) in [4.78, 5) is 19.5. The SMILES string of the molecule is CC(C)ON=C(C(=O)O)c1csc(N)n1. The molecule has 6 nitrogen and oxygen atoms in total. The van der Waals surface area contributed by atoms with Crippen LogP contribution in [0.1, 0.15) is 19.5 Å². The number of carbonyl (C=O) groups is 1. The first-order chi connectivity index (χ1) is 7.00. The van der Waals surface area contributed by atoms with E-state index in [0.717, 1.165) is 11.3 Å². The first kappa shape index (κ1) is 11.4. The van der Waals surface area contributed by atoms with E-state index in [1.54, 1.807) is 13.8 Å². The fraction of sp³-hybridized carbons (Fsp3) is 0.375. The molecule has 0 aliphatic rings. The van der Waals surface area contributed by atoms with Gasteiger partial charge in [0, 0.05) is 5.38 Å². The van der Waals surface area contributed by atoms with Gasteiger partial charge in [0.05, 0.1) is 0 Å². The predicted molar refractivity (Wildman–Crippen MR) is 56.9 cm³/mol. The largest absolute Gasteiger partial charge is 0.476 e. The number of hydrogen-bond acceptors (Lipinski definition) is 6. The van der Waals surface area contributed by atoms with Crippen molar-refractivity contribution in [2.75, 3.05) is 5.73 Å². The van der Waals surface area contributed by atoms with Crippen molar-refractivity contribution in [1.29, 1.82) is 0 Å². The summed E-state index contributed by atoms with van der Waals surface area (Å²) in [5, 5.41) is 14.2. The standard InChI is InChI=1S/C8H11N3O3S/c1-4(2)14-11-6(7(12)13)5-3-15-8(9)10-5/h3-4H,1-2H3,(H2,9,10)(H,12,13). The Bertz CT molecular complexity index is 386. The van der Waals surface area contributed by atoms with Crippen LogP contribution in [0, 0.1) is 0 Å². The van der Waals surface area contributed by atoms with Crippen LogP contribution in [-0.4, -0.2) is 27.9 Å². The predicted octanol–water partition coefficient (Wildman–Crippen LogP) is 0.939. The van der Waals surface area contributed by atoms with Gasteiger partial charge in [-0.25, -0.2) is 9.78 Å². The van der Waals surface area contributed by atoms with Gasteiger partial charge >= 0.3 is 5.97 Å². The minimum atomic E-state index is -1.19. The zero-order chi connectivity index (χ0) is 11.4. The number of carboxylic acids is 1. The number of thiazole rings is 1. The molecule has 0 unspecified atom stereocenters. The van der Waals surface area contributed by atoms with Crippen LogP contribution in [0.15, 0.2) is 10.5 Å². The fourth-order valence-electron chi connectivity index (χ4n) is 0.750. The van der Waals surface area contributed by atoms with Crippen molar-refractivity contribution >= 4 is 28.1 Å². The van der Waals surface area contributed by atoms with Crippen LogP contribution in [-0.2, 0) is 9.63 Å². The zero-order valence-corrected chi connectivity index (χ0v) is 9.11. The van der Waals surface area contributed by atoms with Gasteiger partial charge in [-0.2, -0.15) is 0 Å². The van der Waals surface area contributed by atoms with Gasteiger partial charge in [-0.05, 0) is 13.8 Å². The van der Waals surface area contributed by atoms with Crippen molar-refractivity contribution in [3.05, 3.63) is 11.1 Å². The maximum absolute atomic E-state index is 10.8. The van der Waals surface area contributed by atoms with E-state index in [1.165, 1.54) is 5.38 Å². The number of nitrogens with zero attached hydrogens (tertiary/aromatic N) is 2. The Balaban J connectivity index is 2.93. The first-order valence-electron chi connectivity index (χ1n) is 4.19. The van der Waals surface area contributed by atoms with Crippen molar-refractivity contribution in [2.24, 2.45) is 5.16 Å². The molecule has 3 N–H and O–H groups in total. The number of rotatable bonds is 4. The lowest BCUT2D eigenvalue weighted by molar-refractivity contribution is -0.129. The van der Waals surface area contributed by atoms with Gasteiger partial charge in [-0.3, -0.25) is 0 Å². The lowest BCUT2D eigenvalue weighted by Gasteiger charge is -2.02. The number of hydrogen-bond donors (Lipinski definition) is 2. The van der Waals surface area contributed by atoms with E-state index in [9.17, 15) is 4.79 Å². The molecule has 1 rings (SSSR count). The van der Waals surface area contributed by atoms with E-state index in [2.05, 4.69) is 10.1 Å². The van der Waals surface area contributed by atoms with Crippen LogP contribution in [0.3, 0.4) is 0 Å².